The average molecular weight is 424 g/mol. The van der Waals surface area contributed by atoms with Crippen molar-refractivity contribution in [1.82, 2.24) is 39.9 Å². The van der Waals surface area contributed by atoms with Gasteiger partial charge in [0.1, 0.15) is 24.1 Å². The molecule has 0 amide bonds. The molecule has 4 heterocycles. The number of nitrogens with zero attached hydrogens (tertiary/aromatic N) is 7. The van der Waals surface area contributed by atoms with Gasteiger partial charge in [-0.1, -0.05) is 6.07 Å². The number of rotatable bonds is 7. The zero-order valence-corrected chi connectivity index (χ0v) is 18.2. The van der Waals surface area contributed by atoms with Crippen molar-refractivity contribution in [3.8, 4) is 5.82 Å². The largest absolute Gasteiger partial charge is 0.377 e. The lowest BCUT2D eigenvalue weighted by Gasteiger charge is -2.25. The molecule has 164 valence electrons. The highest BCUT2D eigenvalue weighted by Crippen LogP contribution is 2.14. The van der Waals surface area contributed by atoms with Crippen LogP contribution in [0.2, 0.25) is 0 Å². The van der Waals surface area contributed by atoms with E-state index < -0.39 is 0 Å². The summed E-state index contributed by atoms with van der Waals surface area (Å²) in [6.07, 6.45) is 7.41. The quantitative estimate of drug-likeness (QED) is 0.437. The van der Waals surface area contributed by atoms with Gasteiger partial charge >= 0.3 is 0 Å². The molecular weight excluding hydrogens is 394 g/mol. The molecule has 0 spiro atoms. The van der Waals surface area contributed by atoms with E-state index in [0.717, 1.165) is 60.7 Å². The molecule has 3 aromatic rings. The van der Waals surface area contributed by atoms with Crippen molar-refractivity contribution in [1.29, 1.82) is 0 Å². The van der Waals surface area contributed by atoms with Crippen molar-refractivity contribution >= 4 is 5.96 Å². The van der Waals surface area contributed by atoms with E-state index in [4.69, 9.17) is 9.73 Å². The summed E-state index contributed by atoms with van der Waals surface area (Å²) in [6.45, 7) is 6.56. The molecule has 1 aliphatic rings. The van der Waals surface area contributed by atoms with Crippen LogP contribution in [0.1, 0.15) is 36.4 Å². The van der Waals surface area contributed by atoms with Crippen molar-refractivity contribution in [2.75, 3.05) is 13.7 Å². The molecule has 0 aliphatic carbocycles. The van der Waals surface area contributed by atoms with Crippen LogP contribution in [0.3, 0.4) is 0 Å². The van der Waals surface area contributed by atoms with Gasteiger partial charge in [0.2, 0.25) is 0 Å². The van der Waals surface area contributed by atoms with E-state index in [9.17, 15) is 0 Å². The summed E-state index contributed by atoms with van der Waals surface area (Å²) in [5.41, 5.74) is 1.05. The molecule has 1 unspecified atom stereocenters. The molecule has 31 heavy (non-hydrogen) atoms. The fraction of sp³-hybridized carbons (Fsp3) is 0.476. The van der Waals surface area contributed by atoms with Gasteiger partial charge in [-0.25, -0.2) is 24.6 Å². The van der Waals surface area contributed by atoms with E-state index in [-0.39, 0.29) is 6.04 Å². The maximum absolute atomic E-state index is 5.14. The smallest absolute Gasteiger partial charge is 0.191 e. The molecule has 4 rings (SSSR count). The third-order valence-corrected chi connectivity index (χ3v) is 5.16. The lowest BCUT2D eigenvalue weighted by molar-refractivity contribution is 0.177. The molecule has 2 N–H and O–H groups in total. The summed E-state index contributed by atoms with van der Waals surface area (Å²) >= 11 is 0. The van der Waals surface area contributed by atoms with Crippen molar-refractivity contribution in [3.63, 3.8) is 0 Å². The minimum absolute atomic E-state index is 0.243. The van der Waals surface area contributed by atoms with Crippen molar-refractivity contribution in [3.05, 3.63) is 53.8 Å². The molecule has 10 nitrogen and oxygen atoms in total. The van der Waals surface area contributed by atoms with Gasteiger partial charge in [0.15, 0.2) is 11.8 Å². The number of imidazole rings is 1. The monoisotopic (exact) mass is 423 g/mol. The van der Waals surface area contributed by atoms with E-state index in [1.165, 1.54) is 0 Å². The summed E-state index contributed by atoms with van der Waals surface area (Å²) in [6, 6.07) is 4.28. The minimum Gasteiger partial charge on any atom is -0.377 e. The number of guanidine groups is 1. The van der Waals surface area contributed by atoms with Crippen LogP contribution in [0, 0.1) is 6.92 Å². The Morgan fingerprint density at radius 2 is 2.23 bits per heavy atom. The minimum atomic E-state index is 0.243. The van der Waals surface area contributed by atoms with Gasteiger partial charge in [0, 0.05) is 44.7 Å². The zero-order chi connectivity index (χ0) is 21.6. The number of aryl methyl sites for hydroxylation is 2. The van der Waals surface area contributed by atoms with E-state index in [1.807, 2.05) is 34.6 Å². The molecule has 10 heteroatoms. The number of methoxy groups -OCH3 is 1. The van der Waals surface area contributed by atoms with Gasteiger partial charge in [-0.05, 0) is 31.9 Å². The first kappa shape index (κ1) is 21.0. The molecule has 0 saturated heterocycles. The Kier molecular flexibility index (Phi) is 6.56. The highest BCUT2D eigenvalue weighted by molar-refractivity contribution is 5.80. The molecule has 3 aromatic heterocycles. The summed E-state index contributed by atoms with van der Waals surface area (Å²) in [5.74, 6) is 4.32. The fourth-order valence-electron chi connectivity index (χ4n) is 3.63. The van der Waals surface area contributed by atoms with Crippen LogP contribution in [0.5, 0.6) is 0 Å². The number of fused-ring (bicyclic) bond motifs is 1. The van der Waals surface area contributed by atoms with E-state index in [1.54, 1.807) is 13.3 Å². The van der Waals surface area contributed by atoms with Gasteiger partial charge in [0.05, 0.1) is 13.1 Å². The predicted octanol–water partition coefficient (Wildman–Crippen LogP) is 1.38. The third kappa shape index (κ3) is 5.08. The van der Waals surface area contributed by atoms with Crippen LogP contribution in [-0.4, -0.2) is 55.0 Å². The van der Waals surface area contributed by atoms with Crippen LogP contribution >= 0.6 is 0 Å². The van der Waals surface area contributed by atoms with Crippen LogP contribution in [-0.2, 0) is 30.9 Å². The van der Waals surface area contributed by atoms with Crippen molar-refractivity contribution < 1.29 is 4.74 Å². The zero-order valence-electron chi connectivity index (χ0n) is 18.2. The Balaban J connectivity index is 1.38. The Bertz CT molecular complexity index is 1020. The first-order valence-electron chi connectivity index (χ1n) is 10.6. The highest BCUT2D eigenvalue weighted by atomic mass is 16.5. The molecule has 0 aromatic carbocycles. The van der Waals surface area contributed by atoms with Gasteiger partial charge in [0.25, 0.3) is 0 Å². The van der Waals surface area contributed by atoms with Crippen LogP contribution < -0.4 is 10.6 Å². The number of nitrogens with one attached hydrogen (secondary N) is 2. The second kappa shape index (κ2) is 9.69. The third-order valence-electron chi connectivity index (χ3n) is 5.16. The van der Waals surface area contributed by atoms with E-state index >= 15 is 0 Å². The van der Waals surface area contributed by atoms with E-state index in [0.29, 0.717) is 13.2 Å². The Morgan fingerprint density at radius 1 is 1.32 bits per heavy atom. The van der Waals surface area contributed by atoms with Gasteiger partial charge in [-0.3, -0.25) is 4.57 Å². The Morgan fingerprint density at radius 3 is 2.94 bits per heavy atom. The molecular formula is C21H29N9O. The molecule has 0 saturated carbocycles. The number of pyridine rings is 1. The van der Waals surface area contributed by atoms with Crippen LogP contribution in [0.4, 0.5) is 0 Å². The lowest BCUT2D eigenvalue weighted by Crippen LogP contribution is -2.47. The summed E-state index contributed by atoms with van der Waals surface area (Å²) in [7, 11) is 1.66. The van der Waals surface area contributed by atoms with Gasteiger partial charge < -0.3 is 15.4 Å². The standard InChI is InChI=1S/C21H29N9O/c1-4-22-21(26-17-6-8-20-27-18(14-31-3)28-30(20)13-17)25-12-16-5-7-19(24-11-16)29-10-9-23-15(29)2/h5,7,9-11,17H,4,6,8,12-14H2,1-3H3,(H2,22,25,26). The second-order valence-electron chi connectivity index (χ2n) is 7.50. The topological polar surface area (TPSA) is 107 Å². The SMILES string of the molecule is CCNC(=NCc1ccc(-n2ccnc2C)nc1)NC1CCc2nc(COC)nn2C1. The molecule has 1 atom stereocenters. The first-order chi connectivity index (χ1) is 15.2. The second-order valence-corrected chi connectivity index (χ2v) is 7.50. The maximum Gasteiger partial charge on any atom is 0.191 e. The number of hydrogen-bond acceptors (Lipinski definition) is 6. The number of hydrogen-bond donors (Lipinski definition) is 2. The Hall–Kier alpha value is -3.27. The van der Waals surface area contributed by atoms with Gasteiger partial charge in [-0.2, -0.15) is 5.10 Å². The molecule has 0 radical (unpaired) electrons. The number of ether oxygens (including phenoxy) is 1. The number of aromatic nitrogens is 6. The Labute approximate surface area is 181 Å². The molecule has 0 bridgehead atoms. The van der Waals surface area contributed by atoms with E-state index in [2.05, 4.69) is 43.7 Å². The molecule has 0 fully saturated rings. The molecule has 1 aliphatic heterocycles. The predicted molar refractivity (Wildman–Crippen MR) is 117 cm³/mol. The average Bonchev–Trinajstić information content (AvgIpc) is 3.38. The summed E-state index contributed by atoms with van der Waals surface area (Å²) < 4.78 is 9.07. The van der Waals surface area contributed by atoms with Crippen LogP contribution in [0.25, 0.3) is 5.82 Å². The number of aliphatic imine (C=N–C) groups is 1. The van der Waals surface area contributed by atoms with Gasteiger partial charge in [-0.15, -0.1) is 0 Å². The fourth-order valence-corrected chi connectivity index (χ4v) is 3.63. The normalized spacial score (nSPS) is 16.2. The maximum atomic E-state index is 5.14. The van der Waals surface area contributed by atoms with Crippen molar-refractivity contribution in [2.45, 2.75) is 52.4 Å². The summed E-state index contributed by atoms with van der Waals surface area (Å²) in [5, 5.41) is 11.4. The van der Waals surface area contributed by atoms with Crippen molar-refractivity contribution in [2.24, 2.45) is 4.99 Å². The van der Waals surface area contributed by atoms with Crippen LogP contribution in [0.15, 0.2) is 35.7 Å². The first-order valence-corrected chi connectivity index (χ1v) is 10.6. The highest BCUT2D eigenvalue weighted by Gasteiger charge is 2.22. The summed E-state index contributed by atoms with van der Waals surface area (Å²) in [4.78, 5) is 18.1. The lowest BCUT2D eigenvalue weighted by atomic mass is 10.1.